The molecule has 0 saturated heterocycles. The zero-order valence-corrected chi connectivity index (χ0v) is 7.85. The van der Waals surface area contributed by atoms with Crippen LogP contribution in [0.25, 0.3) is 10.4 Å². The van der Waals surface area contributed by atoms with Gasteiger partial charge in [0.15, 0.2) is 12.0 Å². The first-order valence-electron chi connectivity index (χ1n) is 4.07. The molecule has 8 heteroatoms. The predicted molar refractivity (Wildman–Crippen MR) is 52.6 cm³/mol. The number of carbonyl (C=O) groups is 1. The first-order valence-corrected chi connectivity index (χ1v) is 4.07. The number of rotatable bonds is 4. The van der Waals surface area contributed by atoms with E-state index in [9.17, 15) is 14.9 Å². The van der Waals surface area contributed by atoms with E-state index in [0.29, 0.717) is 0 Å². The average Bonchev–Trinajstić information content (AvgIpc) is 2.28. The zero-order chi connectivity index (χ0) is 12.1. The van der Waals surface area contributed by atoms with Crippen LogP contribution >= 0.6 is 0 Å². The monoisotopic (exact) mass is 222 g/mol. The van der Waals surface area contributed by atoms with Gasteiger partial charge >= 0.3 is 0 Å². The maximum atomic E-state index is 11.3. The van der Waals surface area contributed by atoms with Gasteiger partial charge in [-0.3, -0.25) is 14.9 Å². The molecule has 1 aromatic carbocycles. The number of benzene rings is 1. The number of nitrogens with zero attached hydrogens (tertiary/aromatic N) is 4. The maximum Gasteiger partial charge on any atom is 0.269 e. The number of hydrogen-bond acceptors (Lipinski definition) is 5. The lowest BCUT2D eigenvalue weighted by Gasteiger charge is -2.02. The second-order valence-electron chi connectivity index (χ2n) is 2.75. The van der Waals surface area contributed by atoms with Gasteiger partial charge in [0.05, 0.1) is 4.92 Å². The molecular weight excluding hydrogens is 216 g/mol. The van der Waals surface area contributed by atoms with E-state index in [0.717, 1.165) is 12.1 Å². The Morgan fingerprint density at radius 3 is 2.50 bits per heavy atom. The van der Waals surface area contributed by atoms with E-state index in [1.165, 1.54) is 12.1 Å². The molecule has 0 aromatic heterocycles. The number of aliphatic hydroxyl groups is 1. The quantitative estimate of drug-likeness (QED) is 0.206. The fourth-order valence-corrected chi connectivity index (χ4v) is 0.998. The minimum Gasteiger partial charge on any atom is -0.379 e. The van der Waals surface area contributed by atoms with Gasteiger partial charge in [0.25, 0.3) is 5.69 Å². The first kappa shape index (κ1) is 11.6. The van der Waals surface area contributed by atoms with E-state index < -0.39 is 16.9 Å². The van der Waals surface area contributed by atoms with Crippen molar-refractivity contribution in [3.05, 3.63) is 50.4 Å². The lowest BCUT2D eigenvalue weighted by molar-refractivity contribution is -0.384. The Bertz CT molecular complexity index is 463. The average molecular weight is 222 g/mol. The maximum absolute atomic E-state index is 11.3. The van der Waals surface area contributed by atoms with Crippen LogP contribution in [0.1, 0.15) is 10.4 Å². The molecule has 0 spiro atoms. The van der Waals surface area contributed by atoms with Crippen molar-refractivity contribution in [2.24, 2.45) is 5.11 Å². The van der Waals surface area contributed by atoms with Crippen LogP contribution in [-0.4, -0.2) is 22.0 Å². The number of nitro groups is 1. The number of hydrogen-bond donors (Lipinski definition) is 1. The lowest BCUT2D eigenvalue weighted by Crippen LogP contribution is -2.17. The predicted octanol–water partition coefficient (Wildman–Crippen LogP) is 1.41. The van der Waals surface area contributed by atoms with Crippen LogP contribution in [-0.2, 0) is 0 Å². The largest absolute Gasteiger partial charge is 0.379 e. The molecule has 1 unspecified atom stereocenters. The number of non-ortho nitro benzene ring substituents is 1. The molecule has 0 fully saturated rings. The van der Waals surface area contributed by atoms with Gasteiger partial charge in [-0.2, -0.15) is 0 Å². The summed E-state index contributed by atoms with van der Waals surface area (Å²) >= 11 is 0. The van der Waals surface area contributed by atoms with Crippen LogP contribution in [0.2, 0.25) is 0 Å². The number of Topliss-reactive ketones (excluding diaryl/α,β-unsaturated/α-hetero) is 1. The van der Waals surface area contributed by atoms with E-state index in [1.54, 1.807) is 0 Å². The molecule has 1 N–H and O–H groups in total. The Hall–Kier alpha value is -2.44. The van der Waals surface area contributed by atoms with E-state index in [2.05, 4.69) is 10.0 Å². The van der Waals surface area contributed by atoms with Crippen LogP contribution < -0.4 is 0 Å². The van der Waals surface area contributed by atoms with Crippen molar-refractivity contribution in [1.29, 1.82) is 0 Å². The summed E-state index contributed by atoms with van der Waals surface area (Å²) in [5.74, 6) is -0.812. The summed E-state index contributed by atoms with van der Waals surface area (Å²) in [6, 6.07) is 4.60. The van der Waals surface area contributed by atoms with E-state index in [1.807, 2.05) is 0 Å². The molecule has 0 bridgehead atoms. The van der Waals surface area contributed by atoms with Gasteiger partial charge in [-0.25, -0.2) is 0 Å². The summed E-state index contributed by atoms with van der Waals surface area (Å²) in [5.41, 5.74) is 7.87. The highest BCUT2D eigenvalue weighted by atomic mass is 16.6. The molecule has 16 heavy (non-hydrogen) atoms. The fraction of sp³-hybridized carbons (Fsp3) is 0.125. The number of aliphatic hydroxyl groups excluding tert-OH is 1. The SMILES string of the molecule is [N-]=[N+]=NC(O)C(=O)c1ccc([N+](=O)[O-])cc1. The van der Waals surface area contributed by atoms with E-state index in [-0.39, 0.29) is 11.3 Å². The van der Waals surface area contributed by atoms with Crippen molar-refractivity contribution in [3.63, 3.8) is 0 Å². The summed E-state index contributed by atoms with van der Waals surface area (Å²) in [5, 5.41) is 22.2. The summed E-state index contributed by atoms with van der Waals surface area (Å²) in [6.45, 7) is 0. The summed E-state index contributed by atoms with van der Waals surface area (Å²) < 4.78 is 0. The van der Waals surface area contributed by atoms with Gasteiger partial charge in [-0.05, 0) is 17.7 Å². The summed E-state index contributed by atoms with van der Waals surface area (Å²) in [7, 11) is 0. The molecule has 0 aliphatic heterocycles. The smallest absolute Gasteiger partial charge is 0.269 e. The van der Waals surface area contributed by atoms with Crippen molar-refractivity contribution in [2.75, 3.05) is 0 Å². The first-order chi connectivity index (χ1) is 7.56. The molecule has 8 nitrogen and oxygen atoms in total. The molecule has 1 rings (SSSR count). The van der Waals surface area contributed by atoms with Gasteiger partial charge in [0.1, 0.15) is 0 Å². The summed E-state index contributed by atoms with van der Waals surface area (Å²) in [4.78, 5) is 23.3. The van der Waals surface area contributed by atoms with Crippen molar-refractivity contribution >= 4 is 11.5 Å². The van der Waals surface area contributed by atoms with Crippen LogP contribution in [0.4, 0.5) is 5.69 Å². The van der Waals surface area contributed by atoms with Crippen molar-refractivity contribution in [1.82, 2.24) is 0 Å². The van der Waals surface area contributed by atoms with Gasteiger partial charge in [-0.1, -0.05) is 5.11 Å². The Morgan fingerprint density at radius 2 is 2.06 bits per heavy atom. The molecule has 0 heterocycles. The third kappa shape index (κ3) is 2.53. The topological polar surface area (TPSA) is 129 Å². The normalized spacial score (nSPS) is 11.3. The fourth-order valence-electron chi connectivity index (χ4n) is 0.998. The highest BCUT2D eigenvalue weighted by molar-refractivity contribution is 5.99. The summed E-state index contributed by atoms with van der Waals surface area (Å²) in [6.07, 6.45) is -1.81. The molecule has 1 aromatic rings. The van der Waals surface area contributed by atoms with E-state index in [4.69, 9.17) is 10.6 Å². The number of carbonyl (C=O) groups excluding carboxylic acids is 1. The second kappa shape index (κ2) is 4.87. The Kier molecular flexibility index (Phi) is 3.54. The zero-order valence-electron chi connectivity index (χ0n) is 7.85. The highest BCUT2D eigenvalue weighted by Gasteiger charge is 2.16. The molecule has 0 aliphatic rings. The van der Waals surface area contributed by atoms with E-state index >= 15 is 0 Å². The van der Waals surface area contributed by atoms with Gasteiger partial charge < -0.3 is 5.11 Å². The minimum atomic E-state index is -1.81. The molecular formula is C8H6N4O4. The van der Waals surface area contributed by atoms with Crippen molar-refractivity contribution < 1.29 is 14.8 Å². The molecule has 0 aliphatic carbocycles. The standard InChI is InChI=1S/C8H6N4O4/c9-11-10-8(14)7(13)5-1-3-6(4-2-5)12(15)16/h1-4,8,14H. The molecule has 1 atom stereocenters. The van der Waals surface area contributed by atoms with Crippen LogP contribution in [0.15, 0.2) is 29.4 Å². The van der Waals surface area contributed by atoms with Gasteiger partial charge in [0.2, 0.25) is 0 Å². The molecule has 0 saturated carbocycles. The Morgan fingerprint density at radius 1 is 1.50 bits per heavy atom. The number of nitro benzene ring substituents is 1. The third-order valence-corrected chi connectivity index (χ3v) is 1.76. The van der Waals surface area contributed by atoms with Gasteiger partial charge in [0, 0.05) is 22.6 Å². The Balaban J connectivity index is 2.93. The third-order valence-electron chi connectivity index (χ3n) is 1.76. The Labute approximate surface area is 88.9 Å². The molecule has 82 valence electrons. The number of azide groups is 1. The van der Waals surface area contributed by atoms with Crippen molar-refractivity contribution in [2.45, 2.75) is 6.23 Å². The highest BCUT2D eigenvalue weighted by Crippen LogP contribution is 2.13. The van der Waals surface area contributed by atoms with Crippen LogP contribution in [0.3, 0.4) is 0 Å². The van der Waals surface area contributed by atoms with Crippen LogP contribution in [0, 0.1) is 10.1 Å². The molecule has 0 radical (unpaired) electrons. The van der Waals surface area contributed by atoms with Gasteiger partial charge in [-0.15, -0.1) is 0 Å². The molecule has 0 amide bonds. The lowest BCUT2D eigenvalue weighted by atomic mass is 10.1. The second-order valence-corrected chi connectivity index (χ2v) is 2.75. The number of ketones is 1. The van der Waals surface area contributed by atoms with Crippen molar-refractivity contribution in [3.8, 4) is 0 Å². The minimum absolute atomic E-state index is 0.0329. The van der Waals surface area contributed by atoms with Crippen LogP contribution in [0.5, 0.6) is 0 Å².